The summed E-state index contributed by atoms with van der Waals surface area (Å²) in [5.41, 5.74) is 0. The zero-order chi connectivity index (χ0) is 3.58. The molecule has 0 aromatic rings. The van der Waals surface area contributed by atoms with E-state index in [1.165, 1.54) is 0 Å². The molecule has 0 aliphatic carbocycles. The van der Waals surface area contributed by atoms with Gasteiger partial charge in [-0.15, -0.1) is 9.79 Å². The van der Waals surface area contributed by atoms with Gasteiger partial charge in [-0.05, 0) is 0 Å². The van der Waals surface area contributed by atoms with E-state index in [9.17, 15) is 0 Å². The molecule has 0 aliphatic heterocycles. The van der Waals surface area contributed by atoms with Crippen molar-refractivity contribution in [1.82, 2.24) is 0 Å². The second-order valence-corrected chi connectivity index (χ2v) is 0.758. The molecule has 0 saturated carbocycles. The average Bonchev–Trinajstić information content (AvgIpc) is 0.811. The summed E-state index contributed by atoms with van der Waals surface area (Å²) < 4.78 is 8.70. The Balaban J connectivity index is 0. The van der Waals surface area contributed by atoms with Crippen LogP contribution in [0, 0.1) is 0 Å². The van der Waals surface area contributed by atoms with E-state index in [1.807, 2.05) is 0 Å². The fraction of sp³-hybridized carbons (Fsp3) is 0. The van der Waals surface area contributed by atoms with Crippen LogP contribution in [0.2, 0.25) is 0 Å². The van der Waals surface area contributed by atoms with Gasteiger partial charge in [-0.2, -0.15) is 0 Å². The predicted molar refractivity (Wildman–Crippen MR) is 12.0 cm³/mol. The normalized spacial score (nSPS) is 5.20. The molecule has 0 rings (SSSR count). The molecule has 2 N–H and O–H groups in total. The fourth-order valence-corrected chi connectivity index (χ4v) is 0. The minimum Gasteiger partial charge on any atom is -0.134 e. The molecule has 0 bridgehead atoms. The van der Waals surface area contributed by atoms with E-state index in [1.54, 1.807) is 0 Å². The van der Waals surface area contributed by atoms with Gasteiger partial charge in [-0.3, -0.25) is 0 Å². The van der Waals surface area contributed by atoms with Crippen LogP contribution in [0.3, 0.4) is 0 Å². The summed E-state index contributed by atoms with van der Waals surface area (Å²) in [6.45, 7) is 0. The van der Waals surface area contributed by atoms with Gasteiger partial charge in [0, 0.05) is 25.0 Å². The molecule has 0 heterocycles. The van der Waals surface area contributed by atoms with Gasteiger partial charge in [0.05, 0.1) is 0 Å². The van der Waals surface area contributed by atoms with Crippen LogP contribution in [-0.4, -0.2) is 9.79 Å². The molecule has 0 unspecified atom stereocenters. The van der Waals surface area contributed by atoms with Gasteiger partial charge in [0.1, 0.15) is 0 Å². The maximum Gasteiger partial charge on any atom is 0.692 e. The van der Waals surface area contributed by atoms with Crippen molar-refractivity contribution >= 4 is 8.25 Å². The average molecular weight is 187 g/mol. The summed E-state index contributed by atoms with van der Waals surface area (Å²) in [5, 5.41) is 0. The molecular formula is H2O3PPd+. The standard InChI is InChI=1S/HO3P.Pd/c1-4(2)3;/h(H-,1,2,3);/p+1. The van der Waals surface area contributed by atoms with Crippen molar-refractivity contribution in [3.8, 4) is 0 Å². The summed E-state index contributed by atoms with van der Waals surface area (Å²) in [4.78, 5) is 14.2. The summed E-state index contributed by atoms with van der Waals surface area (Å²) in [6.07, 6.45) is 0. The van der Waals surface area contributed by atoms with Gasteiger partial charge in [-0.1, -0.05) is 0 Å². The quantitative estimate of drug-likeness (QED) is 0.402. The van der Waals surface area contributed by atoms with Crippen LogP contribution in [-0.2, 0) is 25.0 Å². The minimum absolute atomic E-state index is 0. The molecule has 0 aliphatic rings. The molecule has 3 nitrogen and oxygen atoms in total. The first kappa shape index (κ1) is 9.19. The summed E-state index contributed by atoms with van der Waals surface area (Å²) in [5.74, 6) is 0. The topological polar surface area (TPSA) is 57.5 Å². The van der Waals surface area contributed by atoms with Gasteiger partial charge in [0.15, 0.2) is 0 Å². The van der Waals surface area contributed by atoms with Crippen molar-refractivity contribution in [3.05, 3.63) is 0 Å². The Morgan fingerprint density at radius 1 is 1.40 bits per heavy atom. The molecule has 5 heavy (non-hydrogen) atoms. The van der Waals surface area contributed by atoms with E-state index in [0.29, 0.717) is 0 Å². The Morgan fingerprint density at radius 3 is 1.40 bits per heavy atom. The smallest absolute Gasteiger partial charge is 0.134 e. The van der Waals surface area contributed by atoms with Crippen molar-refractivity contribution in [2.24, 2.45) is 0 Å². The second-order valence-electron chi connectivity index (χ2n) is 0.253. The van der Waals surface area contributed by atoms with Crippen molar-refractivity contribution in [2.45, 2.75) is 0 Å². The third kappa shape index (κ3) is 72.4. The van der Waals surface area contributed by atoms with E-state index in [2.05, 4.69) is 0 Å². The van der Waals surface area contributed by atoms with Crippen LogP contribution in [0.1, 0.15) is 0 Å². The van der Waals surface area contributed by atoms with Gasteiger partial charge in [0.25, 0.3) is 0 Å². The van der Waals surface area contributed by atoms with Gasteiger partial charge in [-0.25, -0.2) is 0 Å². The first-order valence-electron chi connectivity index (χ1n) is 0.583. The molecule has 0 fully saturated rings. The summed E-state index contributed by atoms with van der Waals surface area (Å²) in [6, 6.07) is 0. The molecule has 0 saturated heterocycles. The zero-order valence-corrected chi connectivity index (χ0v) is 4.52. The van der Waals surface area contributed by atoms with Crippen LogP contribution in [0.5, 0.6) is 0 Å². The van der Waals surface area contributed by atoms with E-state index in [4.69, 9.17) is 14.4 Å². The van der Waals surface area contributed by atoms with Crippen molar-refractivity contribution in [3.63, 3.8) is 0 Å². The van der Waals surface area contributed by atoms with E-state index < -0.39 is 8.25 Å². The number of rotatable bonds is 0. The second kappa shape index (κ2) is 4.68. The molecule has 5 heteroatoms. The van der Waals surface area contributed by atoms with Crippen molar-refractivity contribution in [2.75, 3.05) is 0 Å². The van der Waals surface area contributed by atoms with E-state index >= 15 is 0 Å². The molecule has 0 aromatic heterocycles. The number of hydrogen-bond donors (Lipinski definition) is 2. The molecule has 0 aromatic carbocycles. The van der Waals surface area contributed by atoms with E-state index in [-0.39, 0.29) is 20.4 Å². The Bertz CT molecular complexity index is 29.9. The minimum atomic E-state index is -2.87. The van der Waals surface area contributed by atoms with Crippen LogP contribution in [0.15, 0.2) is 0 Å². The first-order chi connectivity index (χ1) is 1.73. The van der Waals surface area contributed by atoms with Crippen LogP contribution in [0.4, 0.5) is 0 Å². The van der Waals surface area contributed by atoms with Crippen molar-refractivity contribution < 1.29 is 34.8 Å². The van der Waals surface area contributed by atoms with Crippen molar-refractivity contribution in [1.29, 1.82) is 0 Å². The molecular weight excluding hydrogens is 185 g/mol. The third-order valence-corrected chi connectivity index (χ3v) is 0. The van der Waals surface area contributed by atoms with Crippen LogP contribution in [0.25, 0.3) is 0 Å². The van der Waals surface area contributed by atoms with E-state index in [0.717, 1.165) is 0 Å². The maximum absolute atomic E-state index is 8.70. The zero-order valence-electron chi connectivity index (χ0n) is 2.07. The molecule has 0 atom stereocenters. The third-order valence-electron chi connectivity index (χ3n) is 0. The molecule has 34 valence electrons. The number of hydrogen-bond acceptors (Lipinski definition) is 1. The Morgan fingerprint density at radius 2 is 1.40 bits per heavy atom. The molecule has 0 spiro atoms. The van der Waals surface area contributed by atoms with Gasteiger partial charge in [0.2, 0.25) is 0 Å². The van der Waals surface area contributed by atoms with Crippen LogP contribution >= 0.6 is 8.25 Å². The maximum atomic E-state index is 8.70. The SMILES string of the molecule is O=[P+](O)O.[Pd]. The summed E-state index contributed by atoms with van der Waals surface area (Å²) in [7, 11) is -2.87. The predicted octanol–water partition coefficient (Wildman–Crippen LogP) is -0.374. The Kier molecular flexibility index (Phi) is 8.60. The largest absolute Gasteiger partial charge is 0.692 e. The first-order valence-corrected chi connectivity index (χ1v) is 1.75. The Hall–Kier alpha value is 0.682. The Labute approximate surface area is 43.6 Å². The molecule has 0 radical (unpaired) electrons. The molecule has 0 amide bonds. The van der Waals surface area contributed by atoms with Crippen LogP contribution < -0.4 is 0 Å². The van der Waals surface area contributed by atoms with Gasteiger partial charge >= 0.3 is 8.25 Å². The van der Waals surface area contributed by atoms with Gasteiger partial charge < -0.3 is 0 Å². The summed E-state index contributed by atoms with van der Waals surface area (Å²) >= 11 is 0. The monoisotopic (exact) mass is 187 g/mol. The fourth-order valence-electron chi connectivity index (χ4n) is 0.